The predicted octanol–water partition coefficient (Wildman–Crippen LogP) is 0.300. The van der Waals surface area contributed by atoms with Crippen LogP contribution in [-0.4, -0.2) is 57.8 Å². The van der Waals surface area contributed by atoms with Gasteiger partial charge in [0.15, 0.2) is 0 Å². The molecule has 0 bridgehead atoms. The lowest BCUT2D eigenvalue weighted by molar-refractivity contribution is -0.120. The molecule has 2 amide bonds. The molecule has 3 N–H and O–H groups in total. The Bertz CT molecular complexity index is 715. The molecule has 0 aliphatic rings. The van der Waals surface area contributed by atoms with Gasteiger partial charge in [0.25, 0.3) is 0 Å². The Morgan fingerprint density at radius 3 is 2.24 bits per heavy atom. The number of sulfonamides is 1. The second kappa shape index (κ2) is 9.50. The van der Waals surface area contributed by atoms with E-state index in [2.05, 4.69) is 16.0 Å². The van der Waals surface area contributed by atoms with Gasteiger partial charge in [-0.2, -0.15) is 4.31 Å². The number of amides is 2. The minimum atomic E-state index is -3.61. The number of likely N-dealkylation sites (N-methyl/N-ethyl adjacent to an activating group) is 1. The second-order valence-electron chi connectivity index (χ2n) is 5.39. The van der Waals surface area contributed by atoms with E-state index in [1.807, 2.05) is 0 Å². The Morgan fingerprint density at radius 2 is 1.68 bits per heavy atom. The summed E-state index contributed by atoms with van der Waals surface area (Å²) in [5.74, 6) is -0.588. The third-order valence-electron chi connectivity index (χ3n) is 3.65. The molecule has 8 nitrogen and oxygen atoms in total. The zero-order valence-electron chi connectivity index (χ0n) is 15.0. The molecule has 0 radical (unpaired) electrons. The molecule has 0 heterocycles. The lowest BCUT2D eigenvalue weighted by Gasteiger charge is -2.20. The van der Waals surface area contributed by atoms with Crippen LogP contribution in [0.25, 0.3) is 0 Å². The fourth-order valence-electron chi connectivity index (χ4n) is 2.24. The van der Waals surface area contributed by atoms with E-state index in [0.29, 0.717) is 24.3 Å². The van der Waals surface area contributed by atoms with E-state index in [9.17, 15) is 18.0 Å². The SMILES string of the molecule is CCN(CC)S(=O)(=O)c1cc(NC(=O)CNCC(=O)NC)ccc1C. The van der Waals surface area contributed by atoms with Crippen molar-refractivity contribution in [2.75, 3.05) is 38.5 Å². The third-order valence-corrected chi connectivity index (χ3v) is 5.84. The minimum absolute atomic E-state index is 0.0272. The summed E-state index contributed by atoms with van der Waals surface area (Å²) in [5, 5.41) is 7.77. The van der Waals surface area contributed by atoms with Gasteiger partial charge in [0, 0.05) is 25.8 Å². The van der Waals surface area contributed by atoms with Gasteiger partial charge in [-0.05, 0) is 24.6 Å². The van der Waals surface area contributed by atoms with E-state index in [0.717, 1.165) is 0 Å². The molecule has 0 saturated carbocycles. The van der Waals surface area contributed by atoms with Crippen molar-refractivity contribution in [2.24, 2.45) is 0 Å². The smallest absolute Gasteiger partial charge is 0.243 e. The summed E-state index contributed by atoms with van der Waals surface area (Å²) in [6, 6.07) is 4.76. The number of hydrogen-bond donors (Lipinski definition) is 3. The Balaban J connectivity index is 2.88. The standard InChI is InChI=1S/C16H26N4O4S/c1-5-20(6-2)25(23,24)14-9-13(8-7-12(14)3)19-16(22)11-18-10-15(21)17-4/h7-9,18H,5-6,10-11H2,1-4H3,(H,17,21)(H,19,22). The number of anilines is 1. The van der Waals surface area contributed by atoms with Crippen LogP contribution in [0.4, 0.5) is 5.69 Å². The molecule has 0 spiro atoms. The van der Waals surface area contributed by atoms with Crippen LogP contribution < -0.4 is 16.0 Å². The van der Waals surface area contributed by atoms with Crippen molar-refractivity contribution in [2.45, 2.75) is 25.7 Å². The first-order valence-electron chi connectivity index (χ1n) is 8.08. The van der Waals surface area contributed by atoms with Gasteiger partial charge in [-0.3, -0.25) is 14.9 Å². The Kier molecular flexibility index (Phi) is 8.01. The molecule has 25 heavy (non-hydrogen) atoms. The molecule has 0 aliphatic carbocycles. The monoisotopic (exact) mass is 370 g/mol. The van der Waals surface area contributed by atoms with Gasteiger partial charge in [-0.15, -0.1) is 0 Å². The topological polar surface area (TPSA) is 108 Å². The highest BCUT2D eigenvalue weighted by Crippen LogP contribution is 2.23. The normalized spacial score (nSPS) is 11.4. The number of aryl methyl sites for hydroxylation is 1. The number of carbonyl (C=O) groups is 2. The van der Waals surface area contributed by atoms with Gasteiger partial charge in [-0.1, -0.05) is 19.9 Å². The van der Waals surface area contributed by atoms with Crippen molar-refractivity contribution in [3.63, 3.8) is 0 Å². The average Bonchev–Trinajstić information content (AvgIpc) is 2.57. The summed E-state index contributed by atoms with van der Waals surface area (Å²) in [7, 11) is -2.10. The molecule has 9 heteroatoms. The van der Waals surface area contributed by atoms with Crippen LogP contribution in [0.5, 0.6) is 0 Å². The van der Waals surface area contributed by atoms with Crippen molar-refractivity contribution in [1.82, 2.24) is 14.9 Å². The molecule has 0 atom stereocenters. The molecule has 0 fully saturated rings. The van der Waals surface area contributed by atoms with Crippen molar-refractivity contribution < 1.29 is 18.0 Å². The van der Waals surface area contributed by atoms with Gasteiger partial charge in [0.05, 0.1) is 18.0 Å². The number of nitrogens with one attached hydrogen (secondary N) is 3. The first-order valence-corrected chi connectivity index (χ1v) is 9.52. The maximum absolute atomic E-state index is 12.7. The first kappa shape index (κ1) is 21.1. The highest BCUT2D eigenvalue weighted by molar-refractivity contribution is 7.89. The zero-order valence-corrected chi connectivity index (χ0v) is 15.9. The summed E-state index contributed by atoms with van der Waals surface area (Å²) >= 11 is 0. The van der Waals surface area contributed by atoms with Crippen molar-refractivity contribution >= 4 is 27.5 Å². The molecule has 0 unspecified atom stereocenters. The largest absolute Gasteiger partial charge is 0.358 e. The molecule has 0 saturated heterocycles. The lowest BCUT2D eigenvalue weighted by atomic mass is 10.2. The van der Waals surface area contributed by atoms with Crippen molar-refractivity contribution in [3.05, 3.63) is 23.8 Å². The number of rotatable bonds is 9. The fraction of sp³-hybridized carbons (Fsp3) is 0.500. The van der Waals surface area contributed by atoms with Crippen LogP contribution in [-0.2, 0) is 19.6 Å². The second-order valence-corrected chi connectivity index (χ2v) is 7.30. The molecule has 1 aromatic carbocycles. The maximum atomic E-state index is 12.7. The Labute approximate surface area is 149 Å². The van der Waals surface area contributed by atoms with E-state index < -0.39 is 10.0 Å². The molecule has 1 rings (SSSR count). The fourth-order valence-corrected chi connectivity index (χ4v) is 3.95. The minimum Gasteiger partial charge on any atom is -0.358 e. The molecule has 1 aromatic rings. The molecule has 0 aromatic heterocycles. The summed E-state index contributed by atoms with van der Waals surface area (Å²) in [5.41, 5.74) is 1.01. The van der Waals surface area contributed by atoms with Crippen LogP contribution in [0.15, 0.2) is 23.1 Å². The van der Waals surface area contributed by atoms with Gasteiger partial charge >= 0.3 is 0 Å². The first-order chi connectivity index (χ1) is 11.8. The summed E-state index contributed by atoms with van der Waals surface area (Å²) in [6.07, 6.45) is 0. The maximum Gasteiger partial charge on any atom is 0.243 e. The van der Waals surface area contributed by atoms with E-state index in [4.69, 9.17) is 0 Å². The van der Waals surface area contributed by atoms with Crippen molar-refractivity contribution in [3.8, 4) is 0 Å². The average molecular weight is 370 g/mol. The summed E-state index contributed by atoms with van der Waals surface area (Å²) < 4.78 is 26.7. The Morgan fingerprint density at radius 1 is 1.08 bits per heavy atom. The van der Waals surface area contributed by atoms with Crippen LogP contribution in [0.2, 0.25) is 0 Å². The molecule has 0 aliphatic heterocycles. The third kappa shape index (κ3) is 5.80. The number of carbonyl (C=O) groups excluding carboxylic acids is 2. The van der Waals surface area contributed by atoms with Gasteiger partial charge < -0.3 is 10.6 Å². The van der Waals surface area contributed by atoms with E-state index in [-0.39, 0.29) is 29.8 Å². The molecule has 140 valence electrons. The quantitative estimate of drug-likeness (QED) is 0.579. The zero-order chi connectivity index (χ0) is 19.0. The predicted molar refractivity (Wildman–Crippen MR) is 96.9 cm³/mol. The van der Waals surface area contributed by atoms with E-state index in [1.54, 1.807) is 32.9 Å². The van der Waals surface area contributed by atoms with Gasteiger partial charge in [-0.25, -0.2) is 8.42 Å². The van der Waals surface area contributed by atoms with Crippen LogP contribution in [0.1, 0.15) is 19.4 Å². The number of nitrogens with zero attached hydrogens (tertiary/aromatic N) is 1. The highest BCUT2D eigenvalue weighted by atomic mass is 32.2. The molecular formula is C16H26N4O4S. The number of benzene rings is 1. The van der Waals surface area contributed by atoms with Gasteiger partial charge in [0.1, 0.15) is 0 Å². The Hall–Kier alpha value is -1.97. The van der Waals surface area contributed by atoms with E-state index >= 15 is 0 Å². The van der Waals surface area contributed by atoms with Crippen molar-refractivity contribution in [1.29, 1.82) is 0 Å². The number of hydrogen-bond acceptors (Lipinski definition) is 5. The lowest BCUT2D eigenvalue weighted by Crippen LogP contribution is -2.36. The summed E-state index contributed by atoms with van der Waals surface area (Å²) in [6.45, 7) is 5.99. The summed E-state index contributed by atoms with van der Waals surface area (Å²) in [4.78, 5) is 23.2. The van der Waals surface area contributed by atoms with Crippen LogP contribution >= 0.6 is 0 Å². The van der Waals surface area contributed by atoms with Gasteiger partial charge in [0.2, 0.25) is 21.8 Å². The highest BCUT2D eigenvalue weighted by Gasteiger charge is 2.24. The molecular weight excluding hydrogens is 344 g/mol. The van der Waals surface area contributed by atoms with Crippen LogP contribution in [0.3, 0.4) is 0 Å². The van der Waals surface area contributed by atoms with Crippen LogP contribution in [0, 0.1) is 6.92 Å². The van der Waals surface area contributed by atoms with E-state index in [1.165, 1.54) is 17.4 Å².